The minimum Gasteiger partial charge on any atom is -0.454 e. The number of benzene rings is 1. The molecule has 2 rings (SSSR count). The Morgan fingerprint density at radius 2 is 1.81 bits per heavy atom. The molecule has 0 fully saturated rings. The van der Waals surface area contributed by atoms with E-state index in [4.69, 9.17) is 4.74 Å². The van der Waals surface area contributed by atoms with Gasteiger partial charge in [0.15, 0.2) is 0 Å². The zero-order chi connectivity index (χ0) is 15.2. The highest BCUT2D eigenvalue weighted by atomic mass is 16.5. The molecule has 0 saturated heterocycles. The lowest BCUT2D eigenvalue weighted by atomic mass is 9.90. The molecule has 0 amide bonds. The lowest BCUT2D eigenvalue weighted by Gasteiger charge is -2.27. The number of carbonyl (C=O) groups is 1. The second-order valence-corrected chi connectivity index (χ2v) is 6.02. The van der Waals surface area contributed by atoms with Crippen molar-refractivity contribution in [2.75, 3.05) is 0 Å². The van der Waals surface area contributed by atoms with Crippen molar-refractivity contribution in [1.29, 1.82) is 0 Å². The van der Waals surface area contributed by atoms with Crippen LogP contribution in [0.3, 0.4) is 0 Å². The summed E-state index contributed by atoms with van der Waals surface area (Å²) < 4.78 is 5.57. The van der Waals surface area contributed by atoms with Crippen LogP contribution in [0, 0.1) is 6.92 Å². The summed E-state index contributed by atoms with van der Waals surface area (Å²) in [5, 5.41) is 0. The fourth-order valence-corrected chi connectivity index (χ4v) is 2.89. The Labute approximate surface area is 128 Å². The average Bonchev–Trinajstić information content (AvgIpc) is 2.47. The van der Waals surface area contributed by atoms with Crippen molar-refractivity contribution in [3.8, 4) is 0 Å². The smallest absolute Gasteiger partial charge is 0.339 e. The van der Waals surface area contributed by atoms with Crippen molar-refractivity contribution in [2.24, 2.45) is 0 Å². The van der Waals surface area contributed by atoms with Crippen molar-refractivity contribution >= 4 is 11.5 Å². The largest absolute Gasteiger partial charge is 0.454 e. The van der Waals surface area contributed by atoms with Gasteiger partial charge in [-0.1, -0.05) is 63.3 Å². The first kappa shape index (κ1) is 15.8. The van der Waals surface area contributed by atoms with Crippen molar-refractivity contribution in [1.82, 2.24) is 0 Å². The van der Waals surface area contributed by atoms with Crippen LogP contribution in [0.2, 0.25) is 0 Å². The van der Waals surface area contributed by atoms with Crippen LogP contribution in [0.25, 0.3) is 5.57 Å². The van der Waals surface area contributed by atoms with Gasteiger partial charge in [-0.25, -0.2) is 4.79 Å². The lowest BCUT2D eigenvalue weighted by molar-refractivity contribution is 0.0373. The van der Waals surface area contributed by atoms with E-state index in [1.54, 1.807) is 0 Å². The van der Waals surface area contributed by atoms with Gasteiger partial charge in [0.25, 0.3) is 0 Å². The molecular weight excluding hydrogens is 260 g/mol. The molecule has 114 valence electrons. The van der Waals surface area contributed by atoms with Gasteiger partial charge < -0.3 is 4.74 Å². The molecule has 1 unspecified atom stereocenters. The zero-order valence-electron chi connectivity index (χ0n) is 13.3. The summed E-state index contributed by atoms with van der Waals surface area (Å²) in [6.45, 7) is 8.36. The molecule has 1 atom stereocenters. The number of hydrogen-bond acceptors (Lipinski definition) is 2. The molecule has 0 aliphatic carbocycles. The third-order valence-electron chi connectivity index (χ3n) is 4.20. The molecular formula is C19H26O2. The van der Waals surface area contributed by atoms with Crippen LogP contribution in [0.4, 0.5) is 0 Å². The van der Waals surface area contributed by atoms with Crippen molar-refractivity contribution in [3.05, 3.63) is 41.5 Å². The number of rotatable bonds is 7. The third-order valence-corrected chi connectivity index (χ3v) is 4.20. The van der Waals surface area contributed by atoms with E-state index in [-0.39, 0.29) is 12.1 Å². The summed E-state index contributed by atoms with van der Waals surface area (Å²) in [5.74, 6) is -0.197. The van der Waals surface area contributed by atoms with Crippen LogP contribution < -0.4 is 0 Å². The Hall–Kier alpha value is -1.57. The van der Waals surface area contributed by atoms with E-state index in [0.717, 1.165) is 29.5 Å². The molecule has 0 N–H and O–H groups in total. The summed E-state index contributed by atoms with van der Waals surface area (Å²) in [5.41, 5.74) is 3.66. The van der Waals surface area contributed by atoms with Crippen LogP contribution in [0.1, 0.15) is 73.4 Å². The van der Waals surface area contributed by atoms with E-state index in [0.29, 0.717) is 5.56 Å². The molecule has 2 heteroatoms. The minimum atomic E-state index is -0.197. The first-order chi connectivity index (χ1) is 10.1. The summed E-state index contributed by atoms with van der Waals surface area (Å²) in [6.07, 6.45) is 8.23. The SMILES string of the molecule is C=C1c2ccc(C)cc2C(=O)OC1CCCCCCCC. The fourth-order valence-electron chi connectivity index (χ4n) is 2.89. The molecule has 0 aromatic heterocycles. The van der Waals surface area contributed by atoms with Gasteiger partial charge in [0, 0.05) is 0 Å². The van der Waals surface area contributed by atoms with Gasteiger partial charge in [-0.05, 0) is 37.0 Å². The number of carbonyl (C=O) groups excluding carboxylic acids is 1. The van der Waals surface area contributed by atoms with Crippen LogP contribution in [0.15, 0.2) is 24.8 Å². The normalized spacial score (nSPS) is 17.5. The Kier molecular flexibility index (Phi) is 5.60. The monoisotopic (exact) mass is 286 g/mol. The number of hydrogen-bond donors (Lipinski definition) is 0. The number of ether oxygens (including phenoxy) is 1. The average molecular weight is 286 g/mol. The molecule has 1 aromatic rings. The predicted octanol–water partition coefficient (Wildman–Crippen LogP) is 5.30. The maximum absolute atomic E-state index is 12.1. The number of fused-ring (bicyclic) bond motifs is 1. The van der Waals surface area contributed by atoms with Crippen molar-refractivity contribution in [3.63, 3.8) is 0 Å². The first-order valence-corrected chi connectivity index (χ1v) is 8.14. The molecule has 1 aromatic carbocycles. The zero-order valence-corrected chi connectivity index (χ0v) is 13.3. The van der Waals surface area contributed by atoms with Gasteiger partial charge in [0.05, 0.1) is 5.56 Å². The standard InChI is InChI=1S/C19H26O2/c1-4-5-6-7-8-9-10-18-15(3)16-12-11-14(2)13-17(16)19(20)21-18/h11-13,18H,3-10H2,1-2H3. The van der Waals surface area contributed by atoms with Crippen molar-refractivity contribution < 1.29 is 9.53 Å². The molecule has 1 aliphatic rings. The van der Waals surface area contributed by atoms with E-state index in [1.165, 1.54) is 32.1 Å². The summed E-state index contributed by atoms with van der Waals surface area (Å²) in [7, 11) is 0. The van der Waals surface area contributed by atoms with Crippen LogP contribution >= 0.6 is 0 Å². The van der Waals surface area contributed by atoms with E-state index in [2.05, 4.69) is 13.5 Å². The number of unbranched alkanes of at least 4 members (excludes halogenated alkanes) is 5. The molecule has 0 saturated carbocycles. The molecule has 1 aliphatic heterocycles. The molecule has 0 spiro atoms. The highest BCUT2D eigenvalue weighted by Crippen LogP contribution is 2.32. The molecule has 1 heterocycles. The topological polar surface area (TPSA) is 26.3 Å². The number of aryl methyl sites for hydroxylation is 1. The highest BCUT2D eigenvalue weighted by Gasteiger charge is 2.29. The molecule has 0 radical (unpaired) electrons. The summed E-state index contributed by atoms with van der Waals surface area (Å²) >= 11 is 0. The maximum Gasteiger partial charge on any atom is 0.339 e. The Morgan fingerprint density at radius 3 is 2.57 bits per heavy atom. The Morgan fingerprint density at radius 1 is 1.10 bits per heavy atom. The second kappa shape index (κ2) is 7.44. The summed E-state index contributed by atoms with van der Waals surface area (Å²) in [4.78, 5) is 12.1. The van der Waals surface area contributed by atoms with E-state index in [9.17, 15) is 4.79 Å². The first-order valence-electron chi connectivity index (χ1n) is 8.14. The van der Waals surface area contributed by atoms with Gasteiger partial charge in [-0.15, -0.1) is 0 Å². The van der Waals surface area contributed by atoms with E-state index >= 15 is 0 Å². The van der Waals surface area contributed by atoms with Gasteiger partial charge in [-0.2, -0.15) is 0 Å². The van der Waals surface area contributed by atoms with Gasteiger partial charge in [0.2, 0.25) is 0 Å². The molecule has 2 nitrogen and oxygen atoms in total. The number of esters is 1. The van der Waals surface area contributed by atoms with Crippen LogP contribution in [0.5, 0.6) is 0 Å². The predicted molar refractivity (Wildman–Crippen MR) is 87.4 cm³/mol. The summed E-state index contributed by atoms with van der Waals surface area (Å²) in [6, 6.07) is 5.93. The van der Waals surface area contributed by atoms with Crippen molar-refractivity contribution in [2.45, 2.75) is 64.9 Å². The fraction of sp³-hybridized carbons (Fsp3) is 0.526. The highest BCUT2D eigenvalue weighted by molar-refractivity contribution is 5.99. The van der Waals surface area contributed by atoms with E-state index in [1.807, 2.05) is 25.1 Å². The quantitative estimate of drug-likeness (QED) is 0.502. The minimum absolute atomic E-state index is 0.140. The Bertz CT molecular complexity index is 516. The van der Waals surface area contributed by atoms with Gasteiger partial charge in [-0.3, -0.25) is 0 Å². The number of cyclic esters (lactones) is 1. The van der Waals surface area contributed by atoms with Crippen LogP contribution in [-0.2, 0) is 4.74 Å². The maximum atomic E-state index is 12.1. The van der Waals surface area contributed by atoms with E-state index < -0.39 is 0 Å². The lowest BCUT2D eigenvalue weighted by Crippen LogP contribution is -2.26. The molecule has 0 bridgehead atoms. The molecule has 21 heavy (non-hydrogen) atoms. The Balaban J connectivity index is 1.91. The third kappa shape index (κ3) is 3.96. The second-order valence-electron chi connectivity index (χ2n) is 6.02. The van der Waals surface area contributed by atoms with Gasteiger partial charge >= 0.3 is 5.97 Å². The van der Waals surface area contributed by atoms with Crippen LogP contribution in [-0.4, -0.2) is 12.1 Å². The van der Waals surface area contributed by atoms with Gasteiger partial charge in [0.1, 0.15) is 6.10 Å².